The SMILES string of the molecule is CN1CCNCC1CCNCCC1CCOCC1. The first-order chi connectivity index (χ1) is 8.86. The number of hydrogen-bond acceptors (Lipinski definition) is 4. The highest BCUT2D eigenvalue weighted by Crippen LogP contribution is 2.17. The van der Waals surface area contributed by atoms with Crippen LogP contribution in [-0.4, -0.2) is 63.9 Å². The molecule has 18 heavy (non-hydrogen) atoms. The summed E-state index contributed by atoms with van der Waals surface area (Å²) >= 11 is 0. The molecule has 0 bridgehead atoms. The molecular formula is C14H29N3O. The molecule has 0 saturated carbocycles. The van der Waals surface area contributed by atoms with E-state index in [1.54, 1.807) is 0 Å². The van der Waals surface area contributed by atoms with E-state index < -0.39 is 0 Å². The van der Waals surface area contributed by atoms with Gasteiger partial charge in [0, 0.05) is 38.9 Å². The lowest BCUT2D eigenvalue weighted by Gasteiger charge is -2.33. The van der Waals surface area contributed by atoms with E-state index >= 15 is 0 Å². The maximum Gasteiger partial charge on any atom is 0.0468 e. The number of rotatable bonds is 6. The van der Waals surface area contributed by atoms with Gasteiger partial charge >= 0.3 is 0 Å². The molecule has 2 fully saturated rings. The summed E-state index contributed by atoms with van der Waals surface area (Å²) in [6.45, 7) is 7.76. The first kappa shape index (κ1) is 14.3. The first-order valence-electron chi connectivity index (χ1n) is 7.55. The molecule has 2 saturated heterocycles. The Bertz CT molecular complexity index is 219. The second-order valence-electron chi connectivity index (χ2n) is 5.72. The fourth-order valence-corrected chi connectivity index (χ4v) is 2.92. The van der Waals surface area contributed by atoms with Gasteiger partial charge in [-0.1, -0.05) is 0 Å². The molecule has 0 spiro atoms. The molecule has 2 rings (SSSR count). The Morgan fingerprint density at radius 3 is 2.78 bits per heavy atom. The zero-order valence-electron chi connectivity index (χ0n) is 11.8. The summed E-state index contributed by atoms with van der Waals surface area (Å²) < 4.78 is 5.39. The molecule has 2 aliphatic heterocycles. The summed E-state index contributed by atoms with van der Waals surface area (Å²) in [5.41, 5.74) is 0. The van der Waals surface area contributed by atoms with Crippen molar-refractivity contribution in [1.29, 1.82) is 0 Å². The smallest absolute Gasteiger partial charge is 0.0468 e. The Morgan fingerprint density at radius 2 is 2.00 bits per heavy atom. The zero-order chi connectivity index (χ0) is 12.6. The van der Waals surface area contributed by atoms with Gasteiger partial charge in [0.15, 0.2) is 0 Å². The molecule has 0 radical (unpaired) electrons. The Hall–Kier alpha value is -0.160. The van der Waals surface area contributed by atoms with Gasteiger partial charge in [-0.2, -0.15) is 0 Å². The third kappa shape index (κ3) is 4.84. The van der Waals surface area contributed by atoms with Gasteiger partial charge in [0.1, 0.15) is 0 Å². The van der Waals surface area contributed by atoms with E-state index in [0.717, 1.165) is 38.8 Å². The van der Waals surface area contributed by atoms with Gasteiger partial charge in [-0.25, -0.2) is 0 Å². The van der Waals surface area contributed by atoms with Gasteiger partial charge in [0.25, 0.3) is 0 Å². The molecular weight excluding hydrogens is 226 g/mol. The van der Waals surface area contributed by atoms with Gasteiger partial charge in [-0.15, -0.1) is 0 Å². The summed E-state index contributed by atoms with van der Waals surface area (Å²) in [7, 11) is 2.24. The highest BCUT2D eigenvalue weighted by molar-refractivity contribution is 4.77. The molecule has 0 aliphatic carbocycles. The fraction of sp³-hybridized carbons (Fsp3) is 1.00. The van der Waals surface area contributed by atoms with E-state index in [-0.39, 0.29) is 0 Å². The van der Waals surface area contributed by atoms with Crippen molar-refractivity contribution in [3.8, 4) is 0 Å². The first-order valence-corrected chi connectivity index (χ1v) is 7.55. The second kappa shape index (κ2) is 8.10. The normalized spacial score (nSPS) is 27.5. The van der Waals surface area contributed by atoms with E-state index in [1.165, 1.54) is 38.8 Å². The Kier molecular flexibility index (Phi) is 6.41. The van der Waals surface area contributed by atoms with Gasteiger partial charge in [-0.05, 0) is 51.7 Å². The van der Waals surface area contributed by atoms with Crippen molar-refractivity contribution in [1.82, 2.24) is 15.5 Å². The number of ether oxygens (including phenoxy) is 1. The van der Waals surface area contributed by atoms with Gasteiger partial charge in [-0.3, -0.25) is 0 Å². The van der Waals surface area contributed by atoms with E-state index in [1.807, 2.05) is 0 Å². The predicted molar refractivity (Wildman–Crippen MR) is 74.9 cm³/mol. The van der Waals surface area contributed by atoms with Crippen LogP contribution in [0, 0.1) is 5.92 Å². The Morgan fingerprint density at radius 1 is 1.22 bits per heavy atom. The molecule has 1 unspecified atom stereocenters. The molecule has 106 valence electrons. The van der Waals surface area contributed by atoms with E-state index in [0.29, 0.717) is 6.04 Å². The summed E-state index contributed by atoms with van der Waals surface area (Å²) in [6.07, 6.45) is 5.10. The van der Waals surface area contributed by atoms with Gasteiger partial charge in [0.2, 0.25) is 0 Å². The van der Waals surface area contributed by atoms with Crippen LogP contribution in [-0.2, 0) is 4.74 Å². The summed E-state index contributed by atoms with van der Waals surface area (Å²) in [5.74, 6) is 0.894. The quantitative estimate of drug-likeness (QED) is 0.685. The highest BCUT2D eigenvalue weighted by atomic mass is 16.5. The minimum absolute atomic E-state index is 0.717. The topological polar surface area (TPSA) is 36.5 Å². The van der Waals surface area contributed by atoms with E-state index in [4.69, 9.17) is 4.74 Å². The van der Waals surface area contributed by atoms with Crippen molar-refractivity contribution >= 4 is 0 Å². The second-order valence-corrected chi connectivity index (χ2v) is 5.72. The predicted octanol–water partition coefficient (Wildman–Crippen LogP) is 0.686. The van der Waals surface area contributed by atoms with Crippen molar-refractivity contribution in [3.05, 3.63) is 0 Å². The van der Waals surface area contributed by atoms with Crippen LogP contribution in [0.4, 0.5) is 0 Å². The largest absolute Gasteiger partial charge is 0.381 e. The van der Waals surface area contributed by atoms with Crippen LogP contribution in [0.5, 0.6) is 0 Å². The summed E-state index contributed by atoms with van der Waals surface area (Å²) in [5, 5.41) is 7.08. The third-order valence-corrected chi connectivity index (χ3v) is 4.37. The lowest BCUT2D eigenvalue weighted by atomic mass is 9.97. The number of nitrogens with one attached hydrogen (secondary N) is 2. The van der Waals surface area contributed by atoms with E-state index in [2.05, 4.69) is 22.6 Å². The molecule has 2 N–H and O–H groups in total. The fourth-order valence-electron chi connectivity index (χ4n) is 2.92. The number of piperazine rings is 1. The molecule has 1 atom stereocenters. The molecule has 4 heteroatoms. The van der Waals surface area contributed by atoms with Crippen LogP contribution in [0.15, 0.2) is 0 Å². The average molecular weight is 255 g/mol. The summed E-state index contributed by atoms with van der Waals surface area (Å²) in [6, 6.07) is 0.717. The maximum absolute atomic E-state index is 5.39. The Labute approximate surface area is 111 Å². The standard InChI is InChI=1S/C14H29N3O/c1-17-9-8-16-12-14(17)3-7-15-6-2-13-4-10-18-11-5-13/h13-16H,2-12H2,1H3. The number of nitrogens with zero attached hydrogens (tertiary/aromatic N) is 1. The molecule has 2 aliphatic rings. The average Bonchev–Trinajstić information content (AvgIpc) is 2.42. The minimum Gasteiger partial charge on any atom is -0.381 e. The van der Waals surface area contributed by atoms with Crippen LogP contribution in [0.3, 0.4) is 0 Å². The van der Waals surface area contributed by atoms with Crippen LogP contribution in [0.1, 0.15) is 25.7 Å². The van der Waals surface area contributed by atoms with Crippen LogP contribution >= 0.6 is 0 Å². The minimum atomic E-state index is 0.717. The van der Waals surface area contributed by atoms with Crippen molar-refractivity contribution in [2.45, 2.75) is 31.7 Å². The van der Waals surface area contributed by atoms with Crippen molar-refractivity contribution in [2.75, 3.05) is 53.0 Å². The van der Waals surface area contributed by atoms with Crippen molar-refractivity contribution < 1.29 is 4.74 Å². The number of hydrogen-bond donors (Lipinski definition) is 2. The molecule has 0 aromatic heterocycles. The molecule has 0 amide bonds. The maximum atomic E-state index is 5.39. The van der Waals surface area contributed by atoms with Gasteiger partial charge < -0.3 is 20.3 Å². The van der Waals surface area contributed by atoms with Crippen LogP contribution < -0.4 is 10.6 Å². The highest BCUT2D eigenvalue weighted by Gasteiger charge is 2.17. The Balaban J connectivity index is 1.47. The lowest BCUT2D eigenvalue weighted by Crippen LogP contribution is -2.50. The lowest BCUT2D eigenvalue weighted by molar-refractivity contribution is 0.0639. The molecule has 4 nitrogen and oxygen atoms in total. The monoisotopic (exact) mass is 255 g/mol. The van der Waals surface area contributed by atoms with Crippen molar-refractivity contribution in [3.63, 3.8) is 0 Å². The third-order valence-electron chi connectivity index (χ3n) is 4.37. The number of likely N-dealkylation sites (N-methyl/N-ethyl adjacent to an activating group) is 1. The van der Waals surface area contributed by atoms with Crippen LogP contribution in [0.25, 0.3) is 0 Å². The van der Waals surface area contributed by atoms with Gasteiger partial charge in [0.05, 0.1) is 0 Å². The van der Waals surface area contributed by atoms with Crippen LogP contribution in [0.2, 0.25) is 0 Å². The van der Waals surface area contributed by atoms with E-state index in [9.17, 15) is 0 Å². The molecule has 0 aromatic rings. The summed E-state index contributed by atoms with van der Waals surface area (Å²) in [4.78, 5) is 2.48. The molecule has 2 heterocycles. The van der Waals surface area contributed by atoms with Crippen molar-refractivity contribution in [2.24, 2.45) is 5.92 Å². The molecule has 0 aromatic carbocycles. The zero-order valence-corrected chi connectivity index (χ0v) is 11.8.